The van der Waals surface area contributed by atoms with E-state index in [1.54, 1.807) is 18.5 Å². The molecule has 108 valence electrons. The summed E-state index contributed by atoms with van der Waals surface area (Å²) in [4.78, 5) is 11.7. The summed E-state index contributed by atoms with van der Waals surface area (Å²) in [6.45, 7) is 4.25. The number of amides is 1. The van der Waals surface area contributed by atoms with Gasteiger partial charge in [-0.25, -0.2) is 4.68 Å². The summed E-state index contributed by atoms with van der Waals surface area (Å²) in [5.74, 6) is 0.598. The molecule has 0 atom stereocenters. The number of rotatable bonds is 8. The van der Waals surface area contributed by atoms with Crippen LogP contribution in [0.4, 0.5) is 0 Å². The van der Waals surface area contributed by atoms with E-state index in [0.29, 0.717) is 13.1 Å². The Balaban J connectivity index is 1.73. The first-order chi connectivity index (χ1) is 9.78. The third kappa shape index (κ3) is 4.51. The van der Waals surface area contributed by atoms with Gasteiger partial charge in [0.2, 0.25) is 5.91 Å². The number of aromatic nitrogens is 3. The topological polar surface area (TPSA) is 85.0 Å². The van der Waals surface area contributed by atoms with Gasteiger partial charge in [-0.15, -0.1) is 5.10 Å². The van der Waals surface area contributed by atoms with Gasteiger partial charge >= 0.3 is 0 Å². The molecule has 2 aromatic rings. The number of nitrogens with one attached hydrogen (secondary N) is 2. The first-order valence-electron chi connectivity index (χ1n) is 6.66. The van der Waals surface area contributed by atoms with E-state index in [0.717, 1.165) is 24.4 Å². The van der Waals surface area contributed by atoms with Crippen molar-refractivity contribution in [3.05, 3.63) is 36.0 Å². The molecule has 0 aliphatic heterocycles. The van der Waals surface area contributed by atoms with Gasteiger partial charge in [-0.3, -0.25) is 4.79 Å². The van der Waals surface area contributed by atoms with Gasteiger partial charge < -0.3 is 15.1 Å². The third-order valence-corrected chi connectivity index (χ3v) is 2.66. The highest BCUT2D eigenvalue weighted by atomic mass is 16.3. The van der Waals surface area contributed by atoms with Gasteiger partial charge in [0, 0.05) is 6.54 Å². The lowest BCUT2D eigenvalue weighted by Crippen LogP contribution is -2.27. The summed E-state index contributed by atoms with van der Waals surface area (Å²) in [6.07, 6.45) is 4.42. The minimum atomic E-state index is -0.126. The number of hydrogen-bond donors (Lipinski definition) is 2. The molecule has 0 fully saturated rings. The molecule has 7 nitrogen and oxygen atoms in total. The second kappa shape index (κ2) is 7.44. The van der Waals surface area contributed by atoms with Crippen molar-refractivity contribution >= 4 is 5.91 Å². The highest BCUT2D eigenvalue weighted by Gasteiger charge is 2.06. The number of carbonyl (C=O) groups excluding carboxylic acids is 1. The lowest BCUT2D eigenvalue weighted by atomic mass is 10.4. The maximum Gasteiger partial charge on any atom is 0.242 e. The van der Waals surface area contributed by atoms with E-state index in [1.165, 1.54) is 4.68 Å². The molecule has 2 aromatic heterocycles. The van der Waals surface area contributed by atoms with E-state index in [2.05, 4.69) is 27.9 Å². The highest BCUT2D eigenvalue weighted by Crippen LogP contribution is 1.98. The molecular formula is C13H19N5O2. The molecule has 0 spiro atoms. The fourth-order valence-electron chi connectivity index (χ4n) is 1.69. The van der Waals surface area contributed by atoms with Crippen molar-refractivity contribution in [2.24, 2.45) is 0 Å². The Labute approximate surface area is 117 Å². The molecule has 7 heteroatoms. The lowest BCUT2D eigenvalue weighted by molar-refractivity contribution is -0.122. The van der Waals surface area contributed by atoms with E-state index in [4.69, 9.17) is 4.42 Å². The second-order valence-electron chi connectivity index (χ2n) is 4.44. The van der Waals surface area contributed by atoms with Crippen LogP contribution in [0.25, 0.3) is 0 Å². The summed E-state index contributed by atoms with van der Waals surface area (Å²) in [7, 11) is 0. The van der Waals surface area contributed by atoms with E-state index in [9.17, 15) is 4.79 Å². The van der Waals surface area contributed by atoms with Crippen LogP contribution in [0.15, 0.2) is 29.0 Å². The number of furan rings is 1. The van der Waals surface area contributed by atoms with Crippen LogP contribution in [0, 0.1) is 0 Å². The zero-order valence-corrected chi connectivity index (χ0v) is 11.5. The van der Waals surface area contributed by atoms with Crippen molar-refractivity contribution in [1.29, 1.82) is 0 Å². The minimum Gasteiger partial charge on any atom is -0.467 e. The standard InChI is InChI=1S/C13H19N5O2/c1-2-5-14-7-11-9-18(17-16-11)10-13(19)15-8-12-4-3-6-20-12/h3-4,6,9,14H,2,5,7-8,10H2,1H3,(H,15,19). The van der Waals surface area contributed by atoms with Crippen LogP contribution in [0.2, 0.25) is 0 Å². The summed E-state index contributed by atoms with van der Waals surface area (Å²) >= 11 is 0. The molecule has 20 heavy (non-hydrogen) atoms. The van der Waals surface area contributed by atoms with Crippen LogP contribution in [-0.4, -0.2) is 27.4 Å². The van der Waals surface area contributed by atoms with Gasteiger partial charge in [-0.2, -0.15) is 0 Å². The van der Waals surface area contributed by atoms with Crippen molar-refractivity contribution < 1.29 is 9.21 Å². The van der Waals surface area contributed by atoms with Gasteiger partial charge in [-0.1, -0.05) is 12.1 Å². The first kappa shape index (κ1) is 14.3. The second-order valence-corrected chi connectivity index (χ2v) is 4.44. The molecule has 0 aliphatic carbocycles. The average Bonchev–Trinajstić information content (AvgIpc) is 3.08. The van der Waals surface area contributed by atoms with Crippen LogP contribution in [0.3, 0.4) is 0 Å². The zero-order valence-electron chi connectivity index (χ0n) is 11.5. The molecule has 0 bridgehead atoms. The predicted octanol–water partition coefficient (Wildman–Crippen LogP) is 0.687. The van der Waals surface area contributed by atoms with Gasteiger partial charge in [0.15, 0.2) is 0 Å². The normalized spacial score (nSPS) is 10.7. The number of hydrogen-bond acceptors (Lipinski definition) is 5. The van der Waals surface area contributed by atoms with Crippen LogP contribution in [-0.2, 0) is 24.4 Å². The minimum absolute atomic E-state index is 0.126. The number of carbonyl (C=O) groups is 1. The van der Waals surface area contributed by atoms with Crippen molar-refractivity contribution in [2.75, 3.05) is 6.54 Å². The van der Waals surface area contributed by atoms with E-state index in [-0.39, 0.29) is 12.5 Å². The van der Waals surface area contributed by atoms with Gasteiger partial charge in [-0.05, 0) is 25.1 Å². The molecule has 0 aromatic carbocycles. The molecule has 2 N–H and O–H groups in total. The Morgan fingerprint density at radius 1 is 1.45 bits per heavy atom. The molecule has 0 radical (unpaired) electrons. The zero-order chi connectivity index (χ0) is 14.2. The number of nitrogens with zero attached hydrogens (tertiary/aromatic N) is 3. The summed E-state index contributed by atoms with van der Waals surface area (Å²) in [6, 6.07) is 3.60. The van der Waals surface area contributed by atoms with Crippen LogP contribution in [0.5, 0.6) is 0 Å². The molecular weight excluding hydrogens is 258 g/mol. The largest absolute Gasteiger partial charge is 0.467 e. The van der Waals surface area contributed by atoms with Gasteiger partial charge in [0.25, 0.3) is 0 Å². The van der Waals surface area contributed by atoms with E-state index in [1.807, 2.05) is 6.07 Å². The Bertz CT molecular complexity index is 521. The Morgan fingerprint density at radius 3 is 3.10 bits per heavy atom. The van der Waals surface area contributed by atoms with Crippen molar-refractivity contribution in [3.63, 3.8) is 0 Å². The maximum atomic E-state index is 11.7. The van der Waals surface area contributed by atoms with Crippen LogP contribution < -0.4 is 10.6 Å². The van der Waals surface area contributed by atoms with Crippen LogP contribution in [0.1, 0.15) is 24.8 Å². The first-order valence-corrected chi connectivity index (χ1v) is 6.66. The highest BCUT2D eigenvalue weighted by molar-refractivity contribution is 5.75. The summed E-state index contributed by atoms with van der Waals surface area (Å²) in [5, 5.41) is 13.9. The molecule has 0 saturated heterocycles. The molecule has 0 aliphatic rings. The van der Waals surface area contributed by atoms with E-state index >= 15 is 0 Å². The molecule has 2 heterocycles. The van der Waals surface area contributed by atoms with Crippen molar-refractivity contribution in [3.8, 4) is 0 Å². The maximum absolute atomic E-state index is 11.7. The summed E-state index contributed by atoms with van der Waals surface area (Å²) < 4.78 is 6.66. The molecule has 2 rings (SSSR count). The molecule has 0 unspecified atom stereocenters. The Kier molecular flexibility index (Phi) is 5.31. The van der Waals surface area contributed by atoms with Gasteiger partial charge in [0.1, 0.15) is 12.3 Å². The quantitative estimate of drug-likeness (QED) is 0.693. The van der Waals surface area contributed by atoms with E-state index < -0.39 is 0 Å². The molecule has 1 amide bonds. The lowest BCUT2D eigenvalue weighted by Gasteiger charge is -2.02. The monoisotopic (exact) mass is 277 g/mol. The predicted molar refractivity (Wildman–Crippen MR) is 72.6 cm³/mol. The Hall–Kier alpha value is -2.15. The van der Waals surface area contributed by atoms with Crippen molar-refractivity contribution in [1.82, 2.24) is 25.6 Å². The molecule has 0 saturated carbocycles. The van der Waals surface area contributed by atoms with Crippen molar-refractivity contribution in [2.45, 2.75) is 33.0 Å². The smallest absolute Gasteiger partial charge is 0.242 e. The SMILES string of the molecule is CCCNCc1cn(CC(=O)NCc2ccco2)nn1. The average molecular weight is 277 g/mol. The van der Waals surface area contributed by atoms with Crippen LogP contribution >= 0.6 is 0 Å². The third-order valence-electron chi connectivity index (χ3n) is 2.66. The Morgan fingerprint density at radius 2 is 2.35 bits per heavy atom. The summed E-state index contributed by atoms with van der Waals surface area (Å²) in [5.41, 5.74) is 0.831. The fourth-order valence-corrected chi connectivity index (χ4v) is 1.69. The fraction of sp³-hybridized carbons (Fsp3) is 0.462. The van der Waals surface area contributed by atoms with Gasteiger partial charge in [0.05, 0.1) is 24.7 Å².